The first-order chi connectivity index (χ1) is 10.2. The van der Waals surface area contributed by atoms with E-state index in [1.165, 1.54) is 11.8 Å². The van der Waals surface area contributed by atoms with Gasteiger partial charge in [0.25, 0.3) is 0 Å². The summed E-state index contributed by atoms with van der Waals surface area (Å²) < 4.78 is 4.97. The molecule has 3 unspecified atom stereocenters. The first kappa shape index (κ1) is 20.2. The van der Waals surface area contributed by atoms with Crippen LogP contribution in [0.2, 0.25) is 0 Å². The Labute approximate surface area is 133 Å². The van der Waals surface area contributed by atoms with E-state index in [-0.39, 0.29) is 42.0 Å². The molecular weight excluding hydrogens is 282 g/mol. The van der Waals surface area contributed by atoms with E-state index in [1.54, 1.807) is 21.0 Å². The molecule has 0 aliphatic heterocycles. The van der Waals surface area contributed by atoms with Crippen LogP contribution in [0.3, 0.4) is 0 Å². The van der Waals surface area contributed by atoms with Gasteiger partial charge in [0.15, 0.2) is 6.61 Å². The first-order valence-electron chi connectivity index (χ1n) is 7.56. The zero-order valence-electron chi connectivity index (χ0n) is 14.2. The van der Waals surface area contributed by atoms with Gasteiger partial charge in [0, 0.05) is 25.9 Å². The quantitative estimate of drug-likeness (QED) is 0.482. The van der Waals surface area contributed by atoms with Crippen molar-refractivity contribution in [2.45, 2.75) is 40.0 Å². The summed E-state index contributed by atoms with van der Waals surface area (Å²) in [6.45, 7) is 5.12. The number of rotatable bonds is 9. The van der Waals surface area contributed by atoms with Crippen LogP contribution in [0.4, 0.5) is 0 Å². The number of terminal acetylenes is 1. The largest absolute Gasteiger partial charge is 0.452 e. The fraction of sp³-hybridized carbons (Fsp3) is 0.706. The molecule has 0 fully saturated rings. The van der Waals surface area contributed by atoms with Crippen LogP contribution >= 0.6 is 0 Å². The third kappa shape index (κ3) is 6.75. The molecule has 0 heterocycles. The molecule has 0 aromatic heterocycles. The Balaban J connectivity index is 5.00. The van der Waals surface area contributed by atoms with Crippen molar-refractivity contribution in [2.75, 3.05) is 20.7 Å². The van der Waals surface area contributed by atoms with Crippen molar-refractivity contribution in [2.24, 2.45) is 17.8 Å². The minimum Gasteiger partial charge on any atom is -0.452 e. The number of Topliss-reactive ketones (excluding diaryl/α,β-unsaturated/α-hetero) is 1. The molecule has 0 N–H and O–H groups in total. The second-order valence-corrected chi connectivity index (χ2v) is 5.83. The third-order valence-electron chi connectivity index (χ3n) is 3.81. The lowest BCUT2D eigenvalue weighted by Crippen LogP contribution is -2.34. The van der Waals surface area contributed by atoms with Crippen LogP contribution < -0.4 is 0 Å². The lowest BCUT2D eigenvalue weighted by molar-refractivity contribution is -0.148. The van der Waals surface area contributed by atoms with Crippen molar-refractivity contribution in [1.82, 2.24) is 4.90 Å². The molecule has 124 valence electrons. The number of carbonyl (C=O) groups excluding carboxylic acids is 3. The van der Waals surface area contributed by atoms with Crippen LogP contribution in [0, 0.1) is 30.1 Å². The highest BCUT2D eigenvalue weighted by Crippen LogP contribution is 2.25. The molecular formula is C17H27NO4. The summed E-state index contributed by atoms with van der Waals surface area (Å²) in [5, 5.41) is 0. The molecule has 3 atom stereocenters. The Morgan fingerprint density at radius 3 is 2.18 bits per heavy atom. The van der Waals surface area contributed by atoms with Crippen LogP contribution in [-0.2, 0) is 19.1 Å². The van der Waals surface area contributed by atoms with Crippen molar-refractivity contribution >= 4 is 17.7 Å². The van der Waals surface area contributed by atoms with Crippen molar-refractivity contribution in [3.63, 3.8) is 0 Å². The van der Waals surface area contributed by atoms with Gasteiger partial charge in [-0.3, -0.25) is 14.4 Å². The van der Waals surface area contributed by atoms with Crippen molar-refractivity contribution < 1.29 is 19.1 Å². The van der Waals surface area contributed by atoms with Gasteiger partial charge in [-0.25, -0.2) is 0 Å². The fourth-order valence-electron chi connectivity index (χ4n) is 2.26. The Kier molecular flexibility index (Phi) is 9.16. The molecule has 22 heavy (non-hydrogen) atoms. The van der Waals surface area contributed by atoms with Crippen LogP contribution in [0.25, 0.3) is 0 Å². The van der Waals surface area contributed by atoms with Gasteiger partial charge in [0.05, 0.1) is 5.92 Å². The van der Waals surface area contributed by atoms with Gasteiger partial charge in [-0.15, -0.1) is 6.42 Å². The van der Waals surface area contributed by atoms with Crippen molar-refractivity contribution in [3.05, 3.63) is 0 Å². The third-order valence-corrected chi connectivity index (χ3v) is 3.81. The minimum absolute atomic E-state index is 0.0412. The highest BCUT2D eigenvalue weighted by Gasteiger charge is 2.30. The summed E-state index contributed by atoms with van der Waals surface area (Å²) in [6.07, 6.45) is 6.45. The lowest BCUT2D eigenvalue weighted by Gasteiger charge is -2.25. The molecule has 1 amide bonds. The SMILES string of the molecule is C#CCOC(=O)C(CC)CC(CC(C)C(C)=O)C(=O)N(C)C. The Morgan fingerprint density at radius 1 is 1.18 bits per heavy atom. The lowest BCUT2D eigenvalue weighted by atomic mass is 9.84. The summed E-state index contributed by atoms with van der Waals surface area (Å²) in [5.41, 5.74) is 0. The number of amides is 1. The van der Waals surface area contributed by atoms with Gasteiger partial charge in [-0.2, -0.15) is 0 Å². The molecule has 0 spiro atoms. The average Bonchev–Trinajstić information content (AvgIpc) is 2.47. The second kappa shape index (κ2) is 9.99. The number of ether oxygens (including phenoxy) is 1. The first-order valence-corrected chi connectivity index (χ1v) is 7.56. The number of carbonyl (C=O) groups is 3. The van der Waals surface area contributed by atoms with Crippen LogP contribution in [0.1, 0.15) is 40.0 Å². The molecule has 0 saturated carbocycles. The van der Waals surface area contributed by atoms with Gasteiger partial charge in [-0.05, 0) is 26.2 Å². The second-order valence-electron chi connectivity index (χ2n) is 5.83. The van der Waals surface area contributed by atoms with Crippen LogP contribution in [-0.4, -0.2) is 43.3 Å². The predicted octanol–water partition coefficient (Wildman–Crippen LogP) is 1.90. The summed E-state index contributed by atoms with van der Waals surface area (Å²) >= 11 is 0. The maximum atomic E-state index is 12.3. The number of hydrogen-bond donors (Lipinski definition) is 0. The summed E-state index contributed by atoms with van der Waals surface area (Å²) in [6, 6.07) is 0. The number of hydrogen-bond acceptors (Lipinski definition) is 4. The van der Waals surface area contributed by atoms with Crippen molar-refractivity contribution in [1.29, 1.82) is 0 Å². The fourth-order valence-corrected chi connectivity index (χ4v) is 2.26. The number of nitrogens with zero attached hydrogens (tertiary/aromatic N) is 1. The van der Waals surface area contributed by atoms with Crippen LogP contribution in [0.15, 0.2) is 0 Å². The molecule has 5 heteroatoms. The molecule has 0 saturated heterocycles. The zero-order valence-corrected chi connectivity index (χ0v) is 14.2. The summed E-state index contributed by atoms with van der Waals surface area (Å²) in [4.78, 5) is 37.3. The van der Waals surface area contributed by atoms with E-state index in [9.17, 15) is 14.4 Å². The van der Waals surface area contributed by atoms with E-state index < -0.39 is 0 Å². The van der Waals surface area contributed by atoms with Gasteiger partial charge in [-0.1, -0.05) is 19.8 Å². The van der Waals surface area contributed by atoms with Crippen LogP contribution in [0.5, 0.6) is 0 Å². The Morgan fingerprint density at radius 2 is 1.77 bits per heavy atom. The van der Waals surface area contributed by atoms with E-state index in [0.717, 1.165) is 0 Å². The van der Waals surface area contributed by atoms with Gasteiger partial charge >= 0.3 is 5.97 Å². The Bertz CT molecular complexity index is 436. The van der Waals surface area contributed by atoms with E-state index in [4.69, 9.17) is 11.2 Å². The minimum atomic E-state index is -0.388. The smallest absolute Gasteiger partial charge is 0.309 e. The van der Waals surface area contributed by atoms with E-state index in [1.807, 2.05) is 6.92 Å². The predicted molar refractivity (Wildman–Crippen MR) is 84.8 cm³/mol. The van der Waals surface area contributed by atoms with Gasteiger partial charge < -0.3 is 9.64 Å². The molecule has 0 rings (SSSR count). The standard InChI is InChI=1S/C17H27NO4/c1-7-9-22-17(21)14(8-2)11-15(16(20)18(5)6)10-12(3)13(4)19/h1,12,14-15H,8-11H2,2-6H3. The maximum Gasteiger partial charge on any atom is 0.309 e. The molecule has 0 aliphatic carbocycles. The Hall–Kier alpha value is -1.83. The van der Waals surface area contributed by atoms with E-state index in [0.29, 0.717) is 19.3 Å². The topological polar surface area (TPSA) is 63.7 Å². The van der Waals surface area contributed by atoms with E-state index >= 15 is 0 Å². The van der Waals surface area contributed by atoms with Gasteiger partial charge in [0.1, 0.15) is 5.78 Å². The maximum absolute atomic E-state index is 12.3. The normalized spacial score (nSPS) is 14.4. The molecule has 5 nitrogen and oxygen atoms in total. The van der Waals surface area contributed by atoms with Gasteiger partial charge in [0.2, 0.25) is 5.91 Å². The number of esters is 1. The summed E-state index contributed by atoms with van der Waals surface area (Å²) in [5.74, 6) is 0.863. The molecule has 0 aromatic rings. The molecule has 0 aliphatic rings. The van der Waals surface area contributed by atoms with E-state index in [2.05, 4.69) is 5.92 Å². The zero-order chi connectivity index (χ0) is 17.3. The highest BCUT2D eigenvalue weighted by molar-refractivity contribution is 5.82. The summed E-state index contributed by atoms with van der Waals surface area (Å²) in [7, 11) is 3.34. The number of ketones is 1. The molecule has 0 bridgehead atoms. The average molecular weight is 309 g/mol. The van der Waals surface area contributed by atoms with Crippen molar-refractivity contribution in [3.8, 4) is 12.3 Å². The molecule has 0 aromatic carbocycles. The monoisotopic (exact) mass is 309 g/mol. The highest BCUT2D eigenvalue weighted by atomic mass is 16.5. The molecule has 0 radical (unpaired) electrons.